The smallest absolute Gasteiger partial charge is 0.319 e. The molecule has 0 atom stereocenters. The van der Waals surface area contributed by atoms with Gasteiger partial charge < -0.3 is 20.1 Å². The second kappa shape index (κ2) is 9.83. The topological polar surface area (TPSA) is 59.6 Å². The Bertz CT molecular complexity index is 1050. The molecule has 1 fully saturated rings. The summed E-state index contributed by atoms with van der Waals surface area (Å²) in [4.78, 5) is 12.9. The molecule has 0 saturated carbocycles. The molecule has 1 aliphatic heterocycles. The van der Waals surface area contributed by atoms with Crippen molar-refractivity contribution in [2.24, 2.45) is 0 Å². The Labute approximate surface area is 187 Å². The number of halogens is 1. The van der Waals surface area contributed by atoms with Crippen LogP contribution in [-0.4, -0.2) is 19.2 Å². The van der Waals surface area contributed by atoms with E-state index in [4.69, 9.17) is 9.47 Å². The number of carbonyl (C=O) groups is 1. The van der Waals surface area contributed by atoms with Crippen molar-refractivity contribution < 1.29 is 18.7 Å². The van der Waals surface area contributed by atoms with Crippen molar-refractivity contribution in [2.75, 3.05) is 18.5 Å². The van der Waals surface area contributed by atoms with Crippen LogP contribution in [0.2, 0.25) is 0 Å². The Morgan fingerprint density at radius 1 is 1.03 bits per heavy atom. The molecule has 1 heterocycles. The maximum Gasteiger partial charge on any atom is 0.319 e. The van der Waals surface area contributed by atoms with Gasteiger partial charge in [0.15, 0.2) is 0 Å². The first-order chi connectivity index (χ1) is 15.5. The summed E-state index contributed by atoms with van der Waals surface area (Å²) in [5.74, 6) is 0.440. The molecule has 0 radical (unpaired) electrons. The number of benzene rings is 3. The molecule has 4 rings (SSSR count). The standard InChI is InChI=1S/C26H27FN2O3/c1-19-17-23(32-18-20-5-3-2-4-6-20)11-12-24(19)28-25(30)29-26(13-15-31-16-14-26)21-7-9-22(27)10-8-21/h2-12,17H,13-16,18H2,1H3,(H2,28,29,30). The van der Waals surface area contributed by atoms with Crippen LogP contribution in [0.15, 0.2) is 72.8 Å². The summed E-state index contributed by atoms with van der Waals surface area (Å²) in [5.41, 5.74) is 2.97. The van der Waals surface area contributed by atoms with Gasteiger partial charge >= 0.3 is 6.03 Å². The first kappa shape index (κ1) is 21.8. The summed E-state index contributed by atoms with van der Waals surface area (Å²) >= 11 is 0. The third kappa shape index (κ3) is 5.26. The Morgan fingerprint density at radius 3 is 2.44 bits per heavy atom. The highest BCUT2D eigenvalue weighted by atomic mass is 19.1. The lowest BCUT2D eigenvalue weighted by Gasteiger charge is -2.38. The van der Waals surface area contributed by atoms with Crippen LogP contribution in [0.25, 0.3) is 0 Å². The van der Waals surface area contributed by atoms with Gasteiger partial charge in [-0.05, 0) is 66.8 Å². The summed E-state index contributed by atoms with van der Waals surface area (Å²) in [7, 11) is 0. The number of anilines is 1. The molecule has 1 saturated heterocycles. The fourth-order valence-corrected chi connectivity index (χ4v) is 3.95. The maximum atomic E-state index is 13.4. The van der Waals surface area contributed by atoms with Gasteiger partial charge in [0.25, 0.3) is 0 Å². The van der Waals surface area contributed by atoms with Crippen LogP contribution in [0.1, 0.15) is 29.5 Å². The minimum absolute atomic E-state index is 0.300. The molecule has 5 nitrogen and oxygen atoms in total. The minimum atomic E-state index is -0.595. The number of rotatable bonds is 6. The Balaban J connectivity index is 1.42. The fraction of sp³-hybridized carbons (Fsp3) is 0.269. The average Bonchev–Trinajstić information content (AvgIpc) is 2.81. The zero-order valence-electron chi connectivity index (χ0n) is 18.1. The van der Waals surface area contributed by atoms with Crippen LogP contribution in [0.3, 0.4) is 0 Å². The molecule has 3 aromatic rings. The first-order valence-corrected chi connectivity index (χ1v) is 10.7. The number of hydrogen-bond acceptors (Lipinski definition) is 3. The predicted molar refractivity (Wildman–Crippen MR) is 122 cm³/mol. The third-order valence-electron chi connectivity index (χ3n) is 5.79. The Kier molecular flexibility index (Phi) is 6.71. The van der Waals surface area contributed by atoms with E-state index >= 15 is 0 Å². The molecule has 0 unspecified atom stereocenters. The fourth-order valence-electron chi connectivity index (χ4n) is 3.95. The van der Waals surface area contributed by atoms with E-state index in [0.29, 0.717) is 38.3 Å². The van der Waals surface area contributed by atoms with Crippen LogP contribution < -0.4 is 15.4 Å². The molecule has 2 amide bonds. The van der Waals surface area contributed by atoms with Crippen molar-refractivity contribution in [3.63, 3.8) is 0 Å². The summed E-state index contributed by atoms with van der Waals surface area (Å²) < 4.78 is 24.8. The van der Waals surface area contributed by atoms with Crippen molar-refractivity contribution in [1.82, 2.24) is 5.32 Å². The highest BCUT2D eigenvalue weighted by Gasteiger charge is 2.36. The third-order valence-corrected chi connectivity index (χ3v) is 5.79. The SMILES string of the molecule is Cc1cc(OCc2ccccc2)ccc1NC(=O)NC1(c2ccc(F)cc2)CCOCC1. The molecule has 3 aromatic carbocycles. The normalized spacial score (nSPS) is 15.1. The number of amides is 2. The largest absolute Gasteiger partial charge is 0.489 e. The number of nitrogens with one attached hydrogen (secondary N) is 2. The van der Waals surface area contributed by atoms with Crippen molar-refractivity contribution in [1.29, 1.82) is 0 Å². The van der Waals surface area contributed by atoms with Gasteiger partial charge in [-0.15, -0.1) is 0 Å². The zero-order chi connectivity index (χ0) is 22.4. The summed E-state index contributed by atoms with van der Waals surface area (Å²) in [5, 5.41) is 6.07. The number of carbonyl (C=O) groups excluding carboxylic acids is 1. The Morgan fingerprint density at radius 2 is 1.75 bits per heavy atom. The Hall–Kier alpha value is -3.38. The van der Waals surface area contributed by atoms with Crippen LogP contribution >= 0.6 is 0 Å². The highest BCUT2D eigenvalue weighted by Crippen LogP contribution is 2.32. The molecule has 6 heteroatoms. The molecule has 166 valence electrons. The van der Waals surface area contributed by atoms with Crippen molar-refractivity contribution in [3.05, 3.63) is 95.3 Å². The van der Waals surface area contributed by atoms with Crippen molar-refractivity contribution in [3.8, 4) is 5.75 Å². The van der Waals surface area contributed by atoms with Gasteiger partial charge in [-0.2, -0.15) is 0 Å². The van der Waals surface area contributed by atoms with Crippen LogP contribution in [0, 0.1) is 12.7 Å². The van der Waals surface area contributed by atoms with E-state index in [0.717, 1.165) is 22.4 Å². The van der Waals surface area contributed by atoms with Crippen molar-refractivity contribution >= 4 is 11.7 Å². The van der Waals surface area contributed by atoms with E-state index in [1.807, 2.05) is 55.5 Å². The first-order valence-electron chi connectivity index (χ1n) is 10.7. The monoisotopic (exact) mass is 434 g/mol. The zero-order valence-corrected chi connectivity index (χ0v) is 18.1. The molecular formula is C26H27FN2O3. The summed E-state index contributed by atoms with van der Waals surface area (Å²) in [6.07, 6.45) is 1.24. The van der Waals surface area contributed by atoms with E-state index in [-0.39, 0.29) is 11.8 Å². The van der Waals surface area contributed by atoms with Gasteiger partial charge in [-0.25, -0.2) is 9.18 Å². The molecule has 1 aliphatic rings. The van der Waals surface area contributed by atoms with Gasteiger partial charge in [0.1, 0.15) is 18.2 Å². The molecule has 0 aromatic heterocycles. The van der Waals surface area contributed by atoms with Crippen molar-refractivity contribution in [2.45, 2.75) is 31.9 Å². The summed E-state index contributed by atoms with van der Waals surface area (Å²) in [6.45, 7) is 3.47. The summed E-state index contributed by atoms with van der Waals surface area (Å²) in [6, 6.07) is 21.5. The number of urea groups is 1. The lowest BCUT2D eigenvalue weighted by atomic mass is 9.83. The molecule has 2 N–H and O–H groups in total. The van der Waals surface area contributed by atoms with E-state index < -0.39 is 5.54 Å². The maximum absolute atomic E-state index is 13.4. The second-order valence-corrected chi connectivity index (χ2v) is 8.03. The van der Waals surface area contributed by atoms with Gasteiger partial charge in [-0.1, -0.05) is 42.5 Å². The van der Waals surface area contributed by atoms with Crippen LogP contribution in [0.5, 0.6) is 5.75 Å². The molecule has 32 heavy (non-hydrogen) atoms. The minimum Gasteiger partial charge on any atom is -0.489 e. The number of hydrogen-bond donors (Lipinski definition) is 2. The predicted octanol–water partition coefficient (Wildman–Crippen LogP) is 5.54. The van der Waals surface area contributed by atoms with Crippen LogP contribution in [-0.2, 0) is 16.9 Å². The molecule has 0 bridgehead atoms. The number of aryl methyl sites for hydroxylation is 1. The van der Waals surface area contributed by atoms with E-state index in [1.54, 1.807) is 12.1 Å². The lowest BCUT2D eigenvalue weighted by molar-refractivity contribution is 0.0417. The highest BCUT2D eigenvalue weighted by molar-refractivity contribution is 5.90. The number of ether oxygens (including phenoxy) is 2. The van der Waals surface area contributed by atoms with Gasteiger partial charge in [-0.3, -0.25) is 0 Å². The van der Waals surface area contributed by atoms with Crippen LogP contribution in [0.4, 0.5) is 14.9 Å². The second-order valence-electron chi connectivity index (χ2n) is 8.03. The van der Waals surface area contributed by atoms with E-state index in [1.165, 1.54) is 12.1 Å². The molecule has 0 aliphatic carbocycles. The van der Waals surface area contributed by atoms with Gasteiger partial charge in [0, 0.05) is 18.9 Å². The quantitative estimate of drug-likeness (QED) is 0.536. The molecule has 0 spiro atoms. The lowest BCUT2D eigenvalue weighted by Crippen LogP contribution is -2.51. The van der Waals surface area contributed by atoms with Gasteiger partial charge in [0.2, 0.25) is 0 Å². The molecular weight excluding hydrogens is 407 g/mol. The average molecular weight is 435 g/mol. The van der Waals surface area contributed by atoms with E-state index in [2.05, 4.69) is 10.6 Å². The van der Waals surface area contributed by atoms with Gasteiger partial charge in [0.05, 0.1) is 5.54 Å². The van der Waals surface area contributed by atoms with E-state index in [9.17, 15) is 9.18 Å².